The number of nitrogens with zero attached hydrogens (tertiary/aromatic N) is 1. The lowest BCUT2D eigenvalue weighted by molar-refractivity contribution is 0.124. The summed E-state index contributed by atoms with van der Waals surface area (Å²) in [4.78, 5) is 2.48. The van der Waals surface area contributed by atoms with Gasteiger partial charge in [-0.3, -0.25) is 4.90 Å². The van der Waals surface area contributed by atoms with Gasteiger partial charge in [0.2, 0.25) is 0 Å². The molecule has 3 nitrogen and oxygen atoms in total. The molecule has 1 aromatic rings. The summed E-state index contributed by atoms with van der Waals surface area (Å²) in [5, 5.41) is 0. The molecule has 1 aromatic carbocycles. The predicted octanol–water partition coefficient (Wildman–Crippen LogP) is 2.48. The first-order valence-corrected chi connectivity index (χ1v) is 7.12. The molecule has 0 spiro atoms. The van der Waals surface area contributed by atoms with Crippen molar-refractivity contribution in [2.75, 3.05) is 40.0 Å². The van der Waals surface area contributed by atoms with E-state index in [1.807, 2.05) is 0 Å². The molecule has 1 heterocycles. The molecule has 0 unspecified atom stereocenters. The SMILES string of the molecule is COCCN(Cc1ccc(C)cc1)C[C@H]1CCOC1. The smallest absolute Gasteiger partial charge is 0.0589 e. The van der Waals surface area contributed by atoms with E-state index < -0.39 is 0 Å². The van der Waals surface area contributed by atoms with E-state index >= 15 is 0 Å². The zero-order valence-corrected chi connectivity index (χ0v) is 12.1. The van der Waals surface area contributed by atoms with Gasteiger partial charge < -0.3 is 9.47 Å². The van der Waals surface area contributed by atoms with Crippen molar-refractivity contribution < 1.29 is 9.47 Å². The molecule has 1 aliphatic rings. The number of benzene rings is 1. The van der Waals surface area contributed by atoms with Crippen molar-refractivity contribution >= 4 is 0 Å². The summed E-state index contributed by atoms with van der Waals surface area (Å²) in [6, 6.07) is 8.81. The molecule has 1 fully saturated rings. The van der Waals surface area contributed by atoms with E-state index in [1.165, 1.54) is 17.5 Å². The van der Waals surface area contributed by atoms with Gasteiger partial charge in [0.25, 0.3) is 0 Å². The van der Waals surface area contributed by atoms with E-state index in [9.17, 15) is 0 Å². The van der Waals surface area contributed by atoms with E-state index in [0.29, 0.717) is 5.92 Å². The Labute approximate surface area is 116 Å². The zero-order chi connectivity index (χ0) is 13.5. The maximum atomic E-state index is 5.47. The molecule has 0 amide bonds. The van der Waals surface area contributed by atoms with Gasteiger partial charge in [0, 0.05) is 33.4 Å². The van der Waals surface area contributed by atoms with Gasteiger partial charge >= 0.3 is 0 Å². The fourth-order valence-corrected chi connectivity index (χ4v) is 2.50. The molecule has 1 saturated heterocycles. The Balaban J connectivity index is 1.89. The Morgan fingerprint density at radius 3 is 2.74 bits per heavy atom. The highest BCUT2D eigenvalue weighted by molar-refractivity contribution is 5.21. The minimum Gasteiger partial charge on any atom is -0.383 e. The molecular formula is C16H25NO2. The zero-order valence-electron chi connectivity index (χ0n) is 12.1. The molecule has 0 N–H and O–H groups in total. The van der Waals surface area contributed by atoms with Gasteiger partial charge in [-0.05, 0) is 24.8 Å². The van der Waals surface area contributed by atoms with Crippen LogP contribution in [-0.2, 0) is 16.0 Å². The highest BCUT2D eigenvalue weighted by Gasteiger charge is 2.19. The minimum absolute atomic E-state index is 0.683. The summed E-state index contributed by atoms with van der Waals surface area (Å²) < 4.78 is 10.7. The fraction of sp³-hybridized carbons (Fsp3) is 0.625. The van der Waals surface area contributed by atoms with Crippen LogP contribution in [0.2, 0.25) is 0 Å². The van der Waals surface area contributed by atoms with Crippen molar-refractivity contribution in [1.82, 2.24) is 4.90 Å². The summed E-state index contributed by atoms with van der Waals surface area (Å²) in [6.45, 7) is 7.85. The lowest BCUT2D eigenvalue weighted by Gasteiger charge is -2.24. The topological polar surface area (TPSA) is 21.7 Å². The van der Waals surface area contributed by atoms with Crippen molar-refractivity contribution in [3.05, 3.63) is 35.4 Å². The van der Waals surface area contributed by atoms with Gasteiger partial charge in [0.05, 0.1) is 13.2 Å². The van der Waals surface area contributed by atoms with Gasteiger partial charge in [0.15, 0.2) is 0 Å². The summed E-state index contributed by atoms with van der Waals surface area (Å²) in [5.74, 6) is 0.683. The van der Waals surface area contributed by atoms with Gasteiger partial charge in [0.1, 0.15) is 0 Å². The molecule has 1 aliphatic heterocycles. The van der Waals surface area contributed by atoms with E-state index in [-0.39, 0.29) is 0 Å². The van der Waals surface area contributed by atoms with Crippen molar-refractivity contribution in [3.8, 4) is 0 Å². The second-order valence-electron chi connectivity index (χ2n) is 5.44. The third-order valence-electron chi connectivity index (χ3n) is 3.68. The van der Waals surface area contributed by atoms with E-state index in [2.05, 4.69) is 36.1 Å². The minimum atomic E-state index is 0.683. The maximum Gasteiger partial charge on any atom is 0.0589 e. The van der Waals surface area contributed by atoms with E-state index in [1.54, 1.807) is 7.11 Å². The molecule has 0 saturated carbocycles. The van der Waals surface area contributed by atoms with Gasteiger partial charge in [-0.2, -0.15) is 0 Å². The van der Waals surface area contributed by atoms with Crippen molar-refractivity contribution in [2.24, 2.45) is 5.92 Å². The van der Waals surface area contributed by atoms with Crippen LogP contribution in [0.25, 0.3) is 0 Å². The van der Waals surface area contributed by atoms with Crippen LogP contribution in [0.4, 0.5) is 0 Å². The largest absolute Gasteiger partial charge is 0.383 e. The molecule has 106 valence electrons. The average molecular weight is 263 g/mol. The summed E-state index contributed by atoms with van der Waals surface area (Å²) >= 11 is 0. The second kappa shape index (κ2) is 7.63. The number of rotatable bonds is 7. The molecule has 0 aromatic heterocycles. The molecular weight excluding hydrogens is 238 g/mol. The Hall–Kier alpha value is -0.900. The molecule has 19 heavy (non-hydrogen) atoms. The van der Waals surface area contributed by atoms with Crippen molar-refractivity contribution in [1.29, 1.82) is 0 Å². The highest BCUT2D eigenvalue weighted by Crippen LogP contribution is 2.16. The van der Waals surface area contributed by atoms with Gasteiger partial charge in [-0.25, -0.2) is 0 Å². The van der Waals surface area contributed by atoms with Gasteiger partial charge in [-0.1, -0.05) is 29.8 Å². The first-order chi connectivity index (χ1) is 9.28. The van der Waals surface area contributed by atoms with Crippen LogP contribution in [0.3, 0.4) is 0 Å². The van der Waals surface area contributed by atoms with E-state index in [4.69, 9.17) is 9.47 Å². The van der Waals surface area contributed by atoms with Crippen LogP contribution < -0.4 is 0 Å². The molecule has 2 rings (SSSR count). The molecule has 3 heteroatoms. The second-order valence-corrected chi connectivity index (χ2v) is 5.44. The number of methoxy groups -OCH3 is 1. The summed E-state index contributed by atoms with van der Waals surface area (Å²) in [6.07, 6.45) is 1.19. The Morgan fingerprint density at radius 2 is 2.11 bits per heavy atom. The Kier molecular flexibility index (Phi) is 5.83. The van der Waals surface area contributed by atoms with Crippen LogP contribution in [-0.4, -0.2) is 44.9 Å². The van der Waals surface area contributed by atoms with Crippen molar-refractivity contribution in [2.45, 2.75) is 19.9 Å². The van der Waals surface area contributed by atoms with Crippen LogP contribution >= 0.6 is 0 Å². The molecule has 0 bridgehead atoms. The Bertz CT molecular complexity index is 358. The average Bonchev–Trinajstić information content (AvgIpc) is 2.91. The van der Waals surface area contributed by atoms with Gasteiger partial charge in [-0.15, -0.1) is 0 Å². The predicted molar refractivity (Wildman–Crippen MR) is 77.3 cm³/mol. The van der Waals surface area contributed by atoms with E-state index in [0.717, 1.165) is 39.5 Å². The quantitative estimate of drug-likeness (QED) is 0.754. The normalized spacial score (nSPS) is 19.2. The first-order valence-electron chi connectivity index (χ1n) is 7.12. The molecule has 0 radical (unpaired) electrons. The van der Waals surface area contributed by atoms with Crippen LogP contribution in [0.5, 0.6) is 0 Å². The monoisotopic (exact) mass is 263 g/mol. The number of ether oxygens (including phenoxy) is 2. The number of hydrogen-bond donors (Lipinski definition) is 0. The third kappa shape index (κ3) is 4.94. The third-order valence-corrected chi connectivity index (χ3v) is 3.68. The standard InChI is InChI=1S/C16H25NO2/c1-14-3-5-15(6-4-14)11-17(8-10-18-2)12-16-7-9-19-13-16/h3-6,16H,7-13H2,1-2H3/t16-/m1/s1. The Morgan fingerprint density at radius 1 is 1.32 bits per heavy atom. The highest BCUT2D eigenvalue weighted by atomic mass is 16.5. The number of hydrogen-bond acceptors (Lipinski definition) is 3. The summed E-state index contributed by atoms with van der Waals surface area (Å²) in [7, 11) is 1.77. The van der Waals surface area contributed by atoms with Crippen LogP contribution in [0, 0.1) is 12.8 Å². The lowest BCUT2D eigenvalue weighted by Crippen LogP contribution is -2.32. The molecule has 1 atom stereocenters. The van der Waals surface area contributed by atoms with Crippen molar-refractivity contribution in [3.63, 3.8) is 0 Å². The van der Waals surface area contributed by atoms with Crippen LogP contribution in [0.15, 0.2) is 24.3 Å². The lowest BCUT2D eigenvalue weighted by atomic mass is 10.1. The van der Waals surface area contributed by atoms with Crippen LogP contribution in [0.1, 0.15) is 17.5 Å². The number of aryl methyl sites for hydroxylation is 1. The maximum absolute atomic E-state index is 5.47. The summed E-state index contributed by atoms with van der Waals surface area (Å²) in [5.41, 5.74) is 2.69. The fourth-order valence-electron chi connectivity index (χ4n) is 2.50. The molecule has 0 aliphatic carbocycles. The first kappa shape index (κ1) is 14.5.